The van der Waals surface area contributed by atoms with Gasteiger partial charge >= 0.3 is 0 Å². The molecule has 3 amide bonds. The van der Waals surface area contributed by atoms with Crippen molar-refractivity contribution in [3.63, 3.8) is 0 Å². The normalized spacial score (nSPS) is 16.8. The summed E-state index contributed by atoms with van der Waals surface area (Å²) in [7, 11) is 0. The number of fused-ring (bicyclic) bond motifs is 1. The standard InChI is InChI=1S/C23H23N7O3/c1-15-7-8-29(26-15)20-13-19(24-14-25-20)27-9-11-28(12-10-27)21(31)16(2)30-22(32)17-5-3-4-6-18(17)23(30)33/h3-8,13-14,16H,9-12H2,1-2H3. The first-order valence-electron chi connectivity index (χ1n) is 10.8. The Bertz CT molecular complexity index is 1210. The predicted molar refractivity (Wildman–Crippen MR) is 119 cm³/mol. The average Bonchev–Trinajstić information content (AvgIpc) is 3.39. The van der Waals surface area contributed by atoms with E-state index in [0.29, 0.717) is 43.1 Å². The van der Waals surface area contributed by atoms with Gasteiger partial charge in [0.05, 0.1) is 16.8 Å². The lowest BCUT2D eigenvalue weighted by Gasteiger charge is -2.37. The predicted octanol–water partition coefficient (Wildman–Crippen LogP) is 1.30. The van der Waals surface area contributed by atoms with Gasteiger partial charge in [0.1, 0.15) is 18.2 Å². The van der Waals surface area contributed by atoms with Gasteiger partial charge < -0.3 is 9.80 Å². The number of anilines is 1. The fourth-order valence-corrected chi connectivity index (χ4v) is 4.27. The van der Waals surface area contributed by atoms with Crippen molar-refractivity contribution in [2.45, 2.75) is 19.9 Å². The second kappa shape index (κ2) is 8.12. The third-order valence-electron chi connectivity index (χ3n) is 6.08. The monoisotopic (exact) mass is 445 g/mol. The molecule has 2 aromatic heterocycles. The van der Waals surface area contributed by atoms with Crippen molar-refractivity contribution in [1.82, 2.24) is 29.5 Å². The molecule has 1 aromatic carbocycles. The molecule has 0 radical (unpaired) electrons. The highest BCUT2D eigenvalue weighted by Gasteiger charge is 2.42. The van der Waals surface area contributed by atoms with E-state index in [4.69, 9.17) is 0 Å². The van der Waals surface area contributed by atoms with Crippen LogP contribution < -0.4 is 4.90 Å². The number of benzene rings is 1. The molecule has 1 atom stereocenters. The first kappa shape index (κ1) is 20.8. The number of aryl methyl sites for hydroxylation is 1. The van der Waals surface area contributed by atoms with Crippen LogP contribution in [0.4, 0.5) is 5.82 Å². The van der Waals surface area contributed by atoms with Crippen molar-refractivity contribution >= 4 is 23.5 Å². The summed E-state index contributed by atoms with van der Waals surface area (Å²) in [5.41, 5.74) is 1.59. The van der Waals surface area contributed by atoms with Crippen LogP contribution in [0.1, 0.15) is 33.3 Å². The lowest BCUT2D eigenvalue weighted by molar-refractivity contribution is -0.135. The highest BCUT2D eigenvalue weighted by molar-refractivity contribution is 6.22. The van der Waals surface area contributed by atoms with E-state index in [9.17, 15) is 14.4 Å². The zero-order valence-corrected chi connectivity index (χ0v) is 18.4. The Morgan fingerprint density at radius 3 is 2.18 bits per heavy atom. The summed E-state index contributed by atoms with van der Waals surface area (Å²) < 4.78 is 1.70. The maximum atomic E-state index is 13.1. The topological polar surface area (TPSA) is 105 Å². The number of amides is 3. The summed E-state index contributed by atoms with van der Waals surface area (Å²) in [4.78, 5) is 52.1. The lowest BCUT2D eigenvalue weighted by Crippen LogP contribution is -2.55. The van der Waals surface area contributed by atoms with E-state index in [1.54, 1.807) is 40.8 Å². The number of imide groups is 1. The summed E-state index contributed by atoms with van der Waals surface area (Å²) in [5.74, 6) is 0.356. The molecular formula is C23H23N7O3. The minimum atomic E-state index is -0.863. The summed E-state index contributed by atoms with van der Waals surface area (Å²) in [6.07, 6.45) is 3.35. The first-order valence-corrected chi connectivity index (χ1v) is 10.8. The van der Waals surface area contributed by atoms with Gasteiger partial charge in [-0.25, -0.2) is 14.6 Å². The molecule has 4 heterocycles. The van der Waals surface area contributed by atoms with Gasteiger partial charge in [-0.2, -0.15) is 5.10 Å². The van der Waals surface area contributed by atoms with Crippen LogP contribution in [0.3, 0.4) is 0 Å². The SMILES string of the molecule is Cc1ccn(-c2cc(N3CCN(C(=O)C(C)N4C(=O)c5ccccc5C4=O)CC3)ncn2)n1. The summed E-state index contributed by atoms with van der Waals surface area (Å²) >= 11 is 0. The fourth-order valence-electron chi connectivity index (χ4n) is 4.27. The highest BCUT2D eigenvalue weighted by atomic mass is 16.2. The van der Waals surface area contributed by atoms with E-state index in [1.807, 2.05) is 25.3 Å². The Balaban J connectivity index is 1.25. The maximum Gasteiger partial charge on any atom is 0.262 e. The van der Waals surface area contributed by atoms with Crippen molar-refractivity contribution in [3.05, 3.63) is 65.7 Å². The Kier molecular flexibility index (Phi) is 5.12. The molecule has 5 rings (SSSR count). The van der Waals surface area contributed by atoms with Crippen molar-refractivity contribution < 1.29 is 14.4 Å². The molecule has 2 aliphatic rings. The van der Waals surface area contributed by atoms with E-state index in [2.05, 4.69) is 20.0 Å². The molecule has 33 heavy (non-hydrogen) atoms. The van der Waals surface area contributed by atoms with Crippen molar-refractivity contribution in [2.24, 2.45) is 0 Å². The van der Waals surface area contributed by atoms with Crippen LogP contribution in [0.25, 0.3) is 5.82 Å². The molecule has 1 unspecified atom stereocenters. The summed E-state index contributed by atoms with van der Waals surface area (Å²) in [6, 6.07) is 9.57. The molecule has 0 N–H and O–H groups in total. The number of hydrogen-bond donors (Lipinski definition) is 0. The molecule has 168 valence electrons. The zero-order valence-electron chi connectivity index (χ0n) is 18.4. The molecular weight excluding hydrogens is 422 g/mol. The third kappa shape index (κ3) is 3.63. The molecule has 2 aliphatic heterocycles. The molecule has 1 saturated heterocycles. The molecule has 3 aromatic rings. The molecule has 0 aliphatic carbocycles. The number of carbonyl (C=O) groups excluding carboxylic acids is 3. The average molecular weight is 445 g/mol. The second-order valence-corrected chi connectivity index (χ2v) is 8.15. The maximum absolute atomic E-state index is 13.1. The quantitative estimate of drug-likeness (QED) is 0.558. The van der Waals surface area contributed by atoms with E-state index in [1.165, 1.54) is 6.33 Å². The number of carbonyl (C=O) groups is 3. The number of nitrogens with zero attached hydrogens (tertiary/aromatic N) is 7. The minimum absolute atomic E-state index is 0.237. The number of piperazine rings is 1. The van der Waals surface area contributed by atoms with Crippen LogP contribution >= 0.6 is 0 Å². The fraction of sp³-hybridized carbons (Fsp3) is 0.304. The third-order valence-corrected chi connectivity index (χ3v) is 6.08. The molecule has 1 fully saturated rings. The van der Waals surface area contributed by atoms with Gasteiger partial charge in [0.25, 0.3) is 11.8 Å². The molecule has 0 saturated carbocycles. The molecule has 10 heteroatoms. The summed E-state index contributed by atoms with van der Waals surface area (Å²) in [5, 5.41) is 4.38. The van der Waals surface area contributed by atoms with Crippen LogP contribution in [0.2, 0.25) is 0 Å². The molecule has 0 bridgehead atoms. The zero-order chi connectivity index (χ0) is 23.1. The van der Waals surface area contributed by atoms with Crippen LogP contribution in [0, 0.1) is 6.92 Å². The van der Waals surface area contributed by atoms with E-state index < -0.39 is 17.9 Å². The van der Waals surface area contributed by atoms with Gasteiger partial charge in [-0.1, -0.05) is 12.1 Å². The van der Waals surface area contributed by atoms with Crippen LogP contribution in [-0.4, -0.2) is 79.5 Å². The number of aromatic nitrogens is 4. The van der Waals surface area contributed by atoms with E-state index in [-0.39, 0.29) is 5.91 Å². The Morgan fingerprint density at radius 1 is 0.939 bits per heavy atom. The van der Waals surface area contributed by atoms with Gasteiger partial charge in [0, 0.05) is 38.4 Å². The van der Waals surface area contributed by atoms with Crippen molar-refractivity contribution in [2.75, 3.05) is 31.1 Å². The number of rotatable bonds is 4. The van der Waals surface area contributed by atoms with Crippen LogP contribution in [-0.2, 0) is 4.79 Å². The highest BCUT2D eigenvalue weighted by Crippen LogP contribution is 2.25. The molecule has 0 spiro atoms. The van der Waals surface area contributed by atoms with E-state index >= 15 is 0 Å². The number of hydrogen-bond acceptors (Lipinski definition) is 7. The van der Waals surface area contributed by atoms with Gasteiger partial charge in [-0.05, 0) is 32.0 Å². The molecule has 10 nitrogen and oxygen atoms in total. The second-order valence-electron chi connectivity index (χ2n) is 8.15. The van der Waals surface area contributed by atoms with Gasteiger partial charge in [0.15, 0.2) is 5.82 Å². The summed E-state index contributed by atoms with van der Waals surface area (Å²) in [6.45, 7) is 5.61. The Hall–Kier alpha value is -4.08. The lowest BCUT2D eigenvalue weighted by atomic mass is 10.1. The largest absolute Gasteiger partial charge is 0.353 e. The first-order chi connectivity index (χ1) is 15.9. The van der Waals surface area contributed by atoms with Crippen molar-refractivity contribution in [3.8, 4) is 5.82 Å². The van der Waals surface area contributed by atoms with Gasteiger partial charge in [-0.15, -0.1) is 0 Å². The van der Waals surface area contributed by atoms with Crippen molar-refractivity contribution in [1.29, 1.82) is 0 Å². The van der Waals surface area contributed by atoms with Gasteiger partial charge in [-0.3, -0.25) is 19.3 Å². The smallest absolute Gasteiger partial charge is 0.262 e. The van der Waals surface area contributed by atoms with E-state index in [0.717, 1.165) is 16.4 Å². The van der Waals surface area contributed by atoms with Gasteiger partial charge in [0.2, 0.25) is 5.91 Å². The Labute approximate surface area is 190 Å². The van der Waals surface area contributed by atoms with Crippen LogP contribution in [0.5, 0.6) is 0 Å². The Morgan fingerprint density at radius 2 is 1.58 bits per heavy atom. The minimum Gasteiger partial charge on any atom is -0.353 e. The van der Waals surface area contributed by atoms with Crippen LogP contribution in [0.15, 0.2) is 48.9 Å².